The highest BCUT2D eigenvalue weighted by Gasteiger charge is 2.26. The Morgan fingerprint density at radius 2 is 1.48 bits per heavy atom. The molecule has 1 aromatic heterocycles. The smallest absolute Gasteiger partial charge is 0.317 e. The Balaban J connectivity index is 1.23. The van der Waals surface area contributed by atoms with Gasteiger partial charge in [-0.2, -0.15) is 9.97 Å². The van der Waals surface area contributed by atoms with Gasteiger partial charge in [-0.1, -0.05) is 0 Å². The SMILES string of the molecule is O=C(NCC1CCCN1)N1CCN(c2cc(N3CCCC3)nc(N3CCCC3)n2)CC1. The third-order valence-electron chi connectivity index (χ3n) is 7.06. The summed E-state index contributed by atoms with van der Waals surface area (Å²) in [4.78, 5) is 31.5. The van der Waals surface area contributed by atoms with Crippen molar-refractivity contribution < 1.29 is 4.79 Å². The maximum Gasteiger partial charge on any atom is 0.317 e. The van der Waals surface area contributed by atoms with Gasteiger partial charge in [0.25, 0.3) is 0 Å². The standard InChI is InChI=1S/C22H36N8O/c31-22(24-17-18-6-5-7-23-18)30-14-12-28(13-15-30)20-16-19(27-8-1-2-9-27)25-21(26-20)29-10-3-4-11-29/h16,18,23H,1-15,17H2,(H,24,31). The predicted molar refractivity (Wildman–Crippen MR) is 123 cm³/mol. The van der Waals surface area contributed by atoms with Gasteiger partial charge in [-0.15, -0.1) is 0 Å². The molecule has 5 heterocycles. The average Bonchev–Trinajstić information content (AvgIpc) is 3.60. The molecule has 0 aromatic carbocycles. The van der Waals surface area contributed by atoms with E-state index < -0.39 is 0 Å². The second-order valence-corrected chi connectivity index (χ2v) is 9.23. The molecule has 2 amide bonds. The van der Waals surface area contributed by atoms with Crippen molar-refractivity contribution in [3.05, 3.63) is 6.07 Å². The lowest BCUT2D eigenvalue weighted by atomic mass is 10.2. The van der Waals surface area contributed by atoms with Gasteiger partial charge in [-0.25, -0.2) is 4.79 Å². The third-order valence-corrected chi connectivity index (χ3v) is 7.06. The maximum absolute atomic E-state index is 12.6. The van der Waals surface area contributed by atoms with Crippen molar-refractivity contribution in [1.82, 2.24) is 25.5 Å². The van der Waals surface area contributed by atoms with Crippen LogP contribution < -0.4 is 25.3 Å². The summed E-state index contributed by atoms with van der Waals surface area (Å²) in [5.74, 6) is 2.95. The van der Waals surface area contributed by atoms with Gasteiger partial charge in [0.05, 0.1) is 0 Å². The van der Waals surface area contributed by atoms with Crippen molar-refractivity contribution in [3.63, 3.8) is 0 Å². The van der Waals surface area contributed by atoms with Crippen LogP contribution in [0.15, 0.2) is 6.07 Å². The minimum atomic E-state index is 0.0616. The number of aromatic nitrogens is 2. The van der Waals surface area contributed by atoms with Crippen LogP contribution in [-0.2, 0) is 0 Å². The first-order valence-corrected chi connectivity index (χ1v) is 12.2. The van der Waals surface area contributed by atoms with Crippen LogP contribution in [0.3, 0.4) is 0 Å². The first-order chi connectivity index (χ1) is 15.3. The van der Waals surface area contributed by atoms with E-state index in [1.54, 1.807) is 0 Å². The summed E-state index contributed by atoms with van der Waals surface area (Å²) in [5.41, 5.74) is 0. The Kier molecular flexibility index (Phi) is 6.29. The molecule has 0 spiro atoms. The fraction of sp³-hybridized carbons (Fsp3) is 0.773. The molecule has 2 N–H and O–H groups in total. The Bertz CT molecular complexity index is 714. The van der Waals surface area contributed by atoms with E-state index in [4.69, 9.17) is 9.97 Å². The number of carbonyl (C=O) groups is 1. The lowest BCUT2D eigenvalue weighted by molar-refractivity contribution is 0.193. The summed E-state index contributed by atoms with van der Waals surface area (Å²) in [5, 5.41) is 6.54. The normalized spacial score (nSPS) is 24.3. The predicted octanol–water partition coefficient (Wildman–Crippen LogP) is 1.26. The van der Waals surface area contributed by atoms with Crippen LogP contribution in [0.25, 0.3) is 0 Å². The van der Waals surface area contributed by atoms with Crippen LogP contribution in [0, 0.1) is 0 Å². The number of carbonyl (C=O) groups excluding carboxylic acids is 1. The van der Waals surface area contributed by atoms with Gasteiger partial charge in [-0.3, -0.25) is 0 Å². The van der Waals surface area contributed by atoms with Gasteiger partial charge in [-0.05, 0) is 45.1 Å². The molecular weight excluding hydrogens is 392 g/mol. The largest absolute Gasteiger partial charge is 0.356 e. The molecule has 0 saturated carbocycles. The number of nitrogens with zero attached hydrogens (tertiary/aromatic N) is 6. The van der Waals surface area contributed by atoms with Crippen LogP contribution in [0.2, 0.25) is 0 Å². The molecule has 0 aliphatic carbocycles. The van der Waals surface area contributed by atoms with Gasteiger partial charge in [0, 0.05) is 71.0 Å². The molecule has 170 valence electrons. The minimum Gasteiger partial charge on any atom is -0.356 e. The number of piperazine rings is 1. The second-order valence-electron chi connectivity index (χ2n) is 9.23. The number of rotatable bonds is 5. The van der Waals surface area contributed by atoms with Crippen LogP contribution in [-0.4, -0.2) is 92.4 Å². The molecule has 1 unspecified atom stereocenters. The molecule has 4 aliphatic rings. The summed E-state index contributed by atoms with van der Waals surface area (Å²) in [6.07, 6.45) is 7.27. The van der Waals surface area contributed by atoms with E-state index in [1.165, 1.54) is 32.1 Å². The van der Waals surface area contributed by atoms with Crippen LogP contribution in [0.1, 0.15) is 38.5 Å². The van der Waals surface area contributed by atoms with E-state index in [1.807, 2.05) is 4.90 Å². The Morgan fingerprint density at radius 1 is 0.871 bits per heavy atom. The molecule has 4 aliphatic heterocycles. The molecule has 1 atom stereocenters. The van der Waals surface area contributed by atoms with Crippen molar-refractivity contribution in [1.29, 1.82) is 0 Å². The Labute approximate surface area is 185 Å². The molecule has 9 heteroatoms. The zero-order valence-corrected chi connectivity index (χ0v) is 18.6. The first-order valence-electron chi connectivity index (χ1n) is 12.2. The summed E-state index contributed by atoms with van der Waals surface area (Å²) in [6, 6.07) is 2.65. The summed E-state index contributed by atoms with van der Waals surface area (Å²) >= 11 is 0. The molecule has 4 saturated heterocycles. The highest BCUT2D eigenvalue weighted by atomic mass is 16.2. The summed E-state index contributed by atoms with van der Waals surface area (Å²) < 4.78 is 0. The third kappa shape index (κ3) is 4.81. The van der Waals surface area contributed by atoms with E-state index >= 15 is 0 Å². The quantitative estimate of drug-likeness (QED) is 0.731. The fourth-order valence-electron chi connectivity index (χ4n) is 5.13. The second kappa shape index (κ2) is 9.46. The molecular formula is C22H36N8O. The zero-order chi connectivity index (χ0) is 21.0. The molecule has 4 fully saturated rings. The minimum absolute atomic E-state index is 0.0616. The number of amides is 2. The van der Waals surface area contributed by atoms with Crippen LogP contribution in [0.5, 0.6) is 0 Å². The van der Waals surface area contributed by atoms with Crippen molar-refractivity contribution in [2.24, 2.45) is 0 Å². The van der Waals surface area contributed by atoms with E-state index in [0.29, 0.717) is 6.04 Å². The fourth-order valence-corrected chi connectivity index (χ4v) is 5.13. The molecule has 5 rings (SSSR count). The van der Waals surface area contributed by atoms with E-state index in [9.17, 15) is 4.79 Å². The Hall–Kier alpha value is -2.29. The van der Waals surface area contributed by atoms with Gasteiger partial charge < -0.3 is 30.2 Å². The maximum atomic E-state index is 12.6. The molecule has 31 heavy (non-hydrogen) atoms. The van der Waals surface area contributed by atoms with Crippen LogP contribution in [0.4, 0.5) is 22.4 Å². The highest BCUT2D eigenvalue weighted by Crippen LogP contribution is 2.27. The van der Waals surface area contributed by atoms with E-state index in [-0.39, 0.29) is 6.03 Å². The lowest BCUT2D eigenvalue weighted by Crippen LogP contribution is -2.53. The van der Waals surface area contributed by atoms with Gasteiger partial charge in [0.2, 0.25) is 5.95 Å². The van der Waals surface area contributed by atoms with Crippen molar-refractivity contribution in [2.75, 3.05) is 80.1 Å². The summed E-state index contributed by atoms with van der Waals surface area (Å²) in [7, 11) is 0. The lowest BCUT2D eigenvalue weighted by Gasteiger charge is -2.36. The Morgan fingerprint density at radius 3 is 2.10 bits per heavy atom. The number of anilines is 3. The molecule has 1 aromatic rings. The van der Waals surface area contributed by atoms with Gasteiger partial charge in [0.15, 0.2) is 0 Å². The zero-order valence-electron chi connectivity index (χ0n) is 18.6. The highest BCUT2D eigenvalue weighted by molar-refractivity contribution is 5.74. The van der Waals surface area contributed by atoms with E-state index in [0.717, 1.165) is 89.5 Å². The molecule has 0 bridgehead atoms. The molecule has 0 radical (unpaired) electrons. The van der Waals surface area contributed by atoms with Crippen molar-refractivity contribution in [2.45, 2.75) is 44.6 Å². The van der Waals surface area contributed by atoms with Crippen LogP contribution >= 0.6 is 0 Å². The number of nitrogens with one attached hydrogen (secondary N) is 2. The first kappa shape index (κ1) is 20.6. The number of hydrogen-bond acceptors (Lipinski definition) is 7. The number of hydrogen-bond donors (Lipinski definition) is 2. The average molecular weight is 429 g/mol. The monoisotopic (exact) mass is 428 g/mol. The van der Waals surface area contributed by atoms with Gasteiger partial charge in [0.1, 0.15) is 11.6 Å². The van der Waals surface area contributed by atoms with Crippen molar-refractivity contribution >= 4 is 23.6 Å². The molecule has 9 nitrogen and oxygen atoms in total. The van der Waals surface area contributed by atoms with Gasteiger partial charge >= 0.3 is 6.03 Å². The number of urea groups is 1. The topological polar surface area (TPSA) is 79.9 Å². The van der Waals surface area contributed by atoms with E-state index in [2.05, 4.69) is 31.4 Å². The van der Waals surface area contributed by atoms with Crippen molar-refractivity contribution in [3.8, 4) is 0 Å². The summed E-state index contributed by atoms with van der Waals surface area (Å²) in [6.45, 7) is 9.13.